The normalized spacial score (nSPS) is 24.2. The lowest BCUT2D eigenvalue weighted by Crippen LogP contribution is -2.45. The zero-order valence-corrected chi connectivity index (χ0v) is 24.4. The lowest BCUT2D eigenvalue weighted by Gasteiger charge is -2.48. The van der Waals surface area contributed by atoms with Crippen molar-refractivity contribution in [2.75, 3.05) is 27.1 Å². The molecule has 4 rings (SSSR count). The molecular weight excluding hydrogens is 514 g/mol. The summed E-state index contributed by atoms with van der Waals surface area (Å²) in [5, 5.41) is 0. The van der Waals surface area contributed by atoms with E-state index in [1.54, 1.807) is 25.6 Å². The highest BCUT2D eigenvalue weighted by atomic mass is 32.2. The van der Waals surface area contributed by atoms with Gasteiger partial charge in [-0.3, -0.25) is 0 Å². The molecule has 2 aliphatic carbocycles. The Kier molecular flexibility index (Phi) is 9.19. The van der Waals surface area contributed by atoms with Gasteiger partial charge in [0.1, 0.15) is 17.8 Å². The summed E-state index contributed by atoms with van der Waals surface area (Å²) in [4.78, 5) is 11.4. The molecule has 2 aromatic carbocycles. The van der Waals surface area contributed by atoms with Gasteiger partial charge in [-0.1, -0.05) is 44.2 Å². The summed E-state index contributed by atoms with van der Waals surface area (Å²) in [6.45, 7) is 4.68. The predicted molar refractivity (Wildman–Crippen MR) is 152 cm³/mol. The Morgan fingerprint density at radius 3 is 1.85 bits per heavy atom. The largest absolute Gasteiger partial charge is 0.497 e. The van der Waals surface area contributed by atoms with Gasteiger partial charge < -0.3 is 19.0 Å². The molecule has 0 bridgehead atoms. The molecule has 0 heterocycles. The van der Waals surface area contributed by atoms with Crippen LogP contribution in [0.15, 0.2) is 60.2 Å². The molecule has 212 valence electrons. The van der Waals surface area contributed by atoms with E-state index >= 15 is 0 Å². The van der Waals surface area contributed by atoms with Gasteiger partial charge in [0, 0.05) is 26.1 Å². The van der Waals surface area contributed by atoms with Crippen molar-refractivity contribution in [1.82, 2.24) is 4.31 Å². The summed E-state index contributed by atoms with van der Waals surface area (Å²) in [5.41, 5.74) is 2.73. The Morgan fingerprint density at radius 1 is 0.949 bits per heavy atom. The fourth-order valence-electron chi connectivity index (χ4n) is 5.76. The number of methoxy groups -OCH3 is 3. The highest BCUT2D eigenvalue weighted by Gasteiger charge is 2.46. The van der Waals surface area contributed by atoms with Gasteiger partial charge in [-0.25, -0.2) is 8.42 Å². The summed E-state index contributed by atoms with van der Waals surface area (Å²) >= 11 is 0. The SMILES string of the molecule is COc1ccc(CN(Cc2ccc(OC)cc2)S(=O)(=O)C[C@@H](C)C2(C)C=C([C@H](OC)[C@@H]3CCC3C=O)C2)cc1. The molecule has 5 atom stereocenters. The van der Waals surface area contributed by atoms with Gasteiger partial charge in [0.2, 0.25) is 10.0 Å². The third-order valence-corrected chi connectivity index (χ3v) is 10.6. The number of ether oxygens (including phenoxy) is 3. The number of hydrogen-bond acceptors (Lipinski definition) is 6. The second kappa shape index (κ2) is 12.2. The summed E-state index contributed by atoms with van der Waals surface area (Å²) in [6.07, 6.45) is 5.87. The van der Waals surface area contributed by atoms with Gasteiger partial charge in [-0.05, 0) is 77.5 Å². The van der Waals surface area contributed by atoms with Gasteiger partial charge in [-0.15, -0.1) is 0 Å². The summed E-state index contributed by atoms with van der Waals surface area (Å²) in [7, 11) is 1.31. The molecular formula is C31H41NO6S. The first kappa shape index (κ1) is 29.3. The van der Waals surface area contributed by atoms with Crippen LogP contribution in [-0.4, -0.2) is 52.2 Å². The number of carbonyl (C=O) groups excluding carboxylic acids is 1. The van der Waals surface area contributed by atoms with Crippen molar-refractivity contribution in [1.29, 1.82) is 0 Å². The van der Waals surface area contributed by atoms with E-state index in [4.69, 9.17) is 14.2 Å². The van der Waals surface area contributed by atoms with E-state index in [0.717, 1.165) is 48.2 Å². The van der Waals surface area contributed by atoms with E-state index in [9.17, 15) is 13.2 Å². The van der Waals surface area contributed by atoms with Crippen LogP contribution < -0.4 is 9.47 Å². The minimum absolute atomic E-state index is 0.0393. The van der Waals surface area contributed by atoms with Crippen molar-refractivity contribution in [3.8, 4) is 11.5 Å². The Bertz CT molecular complexity index is 1210. The van der Waals surface area contributed by atoms with Crippen LogP contribution in [-0.2, 0) is 32.6 Å². The molecule has 0 aromatic heterocycles. The van der Waals surface area contributed by atoms with E-state index in [0.29, 0.717) is 0 Å². The molecule has 0 N–H and O–H groups in total. The van der Waals surface area contributed by atoms with Crippen LogP contribution in [0.1, 0.15) is 44.2 Å². The molecule has 1 fully saturated rings. The van der Waals surface area contributed by atoms with E-state index in [1.807, 2.05) is 55.5 Å². The maximum atomic E-state index is 13.9. The molecule has 2 aliphatic rings. The van der Waals surface area contributed by atoms with E-state index < -0.39 is 10.0 Å². The number of hydrogen-bond donors (Lipinski definition) is 0. The lowest BCUT2D eigenvalue weighted by molar-refractivity contribution is -0.119. The highest BCUT2D eigenvalue weighted by Crippen LogP contribution is 2.51. The molecule has 0 aliphatic heterocycles. The van der Waals surface area contributed by atoms with Crippen LogP contribution in [0.2, 0.25) is 0 Å². The van der Waals surface area contributed by atoms with Crippen LogP contribution in [0.25, 0.3) is 0 Å². The molecule has 1 saturated carbocycles. The third-order valence-electron chi connectivity index (χ3n) is 8.68. The topological polar surface area (TPSA) is 82.1 Å². The van der Waals surface area contributed by atoms with Gasteiger partial charge in [0.15, 0.2) is 0 Å². The fraction of sp³-hybridized carbons (Fsp3) is 0.516. The van der Waals surface area contributed by atoms with Crippen molar-refractivity contribution in [3.63, 3.8) is 0 Å². The van der Waals surface area contributed by atoms with E-state index in [-0.39, 0.29) is 48.1 Å². The number of allylic oxidation sites excluding steroid dienone is 1. The number of sulfonamides is 1. The number of aldehydes is 1. The minimum Gasteiger partial charge on any atom is -0.497 e. The first-order chi connectivity index (χ1) is 18.6. The Morgan fingerprint density at radius 2 is 1.46 bits per heavy atom. The average Bonchev–Trinajstić information content (AvgIpc) is 2.89. The van der Waals surface area contributed by atoms with Gasteiger partial charge in [0.05, 0.1) is 26.1 Å². The number of benzene rings is 2. The van der Waals surface area contributed by atoms with Crippen LogP contribution in [0, 0.1) is 23.2 Å². The zero-order valence-electron chi connectivity index (χ0n) is 23.6. The van der Waals surface area contributed by atoms with E-state index in [2.05, 4.69) is 13.0 Å². The van der Waals surface area contributed by atoms with Crippen LogP contribution in [0.5, 0.6) is 11.5 Å². The Hall–Kier alpha value is -2.68. The molecule has 0 amide bonds. The molecule has 8 heteroatoms. The maximum Gasteiger partial charge on any atom is 0.215 e. The second-order valence-electron chi connectivity index (χ2n) is 11.2. The van der Waals surface area contributed by atoms with Crippen molar-refractivity contribution in [2.45, 2.75) is 52.3 Å². The Labute approximate surface area is 233 Å². The molecule has 39 heavy (non-hydrogen) atoms. The third kappa shape index (κ3) is 6.56. The molecule has 2 aromatic rings. The lowest BCUT2D eigenvalue weighted by atomic mass is 9.60. The highest BCUT2D eigenvalue weighted by molar-refractivity contribution is 7.89. The first-order valence-corrected chi connectivity index (χ1v) is 15.2. The van der Waals surface area contributed by atoms with Crippen molar-refractivity contribution in [2.24, 2.45) is 23.2 Å². The summed E-state index contributed by atoms with van der Waals surface area (Å²) in [5.74, 6) is 1.69. The summed E-state index contributed by atoms with van der Waals surface area (Å²) < 4.78 is 45.7. The minimum atomic E-state index is -3.61. The number of rotatable bonds is 14. The van der Waals surface area contributed by atoms with Crippen molar-refractivity contribution < 1.29 is 27.4 Å². The van der Waals surface area contributed by atoms with Crippen LogP contribution in [0.4, 0.5) is 0 Å². The van der Waals surface area contributed by atoms with E-state index in [1.165, 1.54) is 5.57 Å². The first-order valence-electron chi connectivity index (χ1n) is 13.6. The van der Waals surface area contributed by atoms with Crippen LogP contribution in [0.3, 0.4) is 0 Å². The maximum absolute atomic E-state index is 13.9. The molecule has 0 spiro atoms. The second-order valence-corrected chi connectivity index (χ2v) is 13.3. The average molecular weight is 556 g/mol. The number of carbonyl (C=O) groups is 1. The Balaban J connectivity index is 1.51. The fourth-order valence-corrected chi connectivity index (χ4v) is 7.68. The standard InChI is InChI=1S/C31H41NO6S/c1-22(31(2)16-26(17-31)30(38-5)29-15-10-25(29)20-33)21-39(34,35)32(18-23-6-11-27(36-3)12-7-23)19-24-8-13-28(37-4)14-9-24/h6-9,11-14,16,20,22,25,29-30H,10,15,17-19,21H2,1-5H3/t22-,25?,29-,30+,31?/m1/s1. The zero-order chi connectivity index (χ0) is 28.2. The van der Waals surface area contributed by atoms with Gasteiger partial charge in [-0.2, -0.15) is 4.31 Å². The van der Waals surface area contributed by atoms with Crippen LogP contribution >= 0.6 is 0 Å². The molecule has 2 unspecified atom stereocenters. The van der Waals surface area contributed by atoms with Crippen molar-refractivity contribution in [3.05, 3.63) is 71.3 Å². The predicted octanol–water partition coefficient (Wildman–Crippen LogP) is 5.25. The van der Waals surface area contributed by atoms with Crippen molar-refractivity contribution >= 4 is 16.3 Å². The number of nitrogens with zero attached hydrogens (tertiary/aromatic N) is 1. The van der Waals surface area contributed by atoms with Gasteiger partial charge >= 0.3 is 0 Å². The molecule has 7 nitrogen and oxygen atoms in total. The molecule has 0 saturated heterocycles. The monoisotopic (exact) mass is 555 g/mol. The quantitative estimate of drug-likeness (QED) is 0.234. The smallest absolute Gasteiger partial charge is 0.215 e. The summed E-state index contributed by atoms with van der Waals surface area (Å²) in [6, 6.07) is 15.0. The van der Waals surface area contributed by atoms with Gasteiger partial charge in [0.25, 0.3) is 0 Å². The molecule has 0 radical (unpaired) electrons.